The topological polar surface area (TPSA) is 74.7 Å². The van der Waals surface area contributed by atoms with Crippen molar-refractivity contribution in [1.29, 1.82) is 0 Å². The Kier molecular flexibility index (Phi) is 3.12. The van der Waals surface area contributed by atoms with Crippen LogP contribution in [-0.2, 0) is 9.59 Å². The molecule has 1 saturated heterocycles. The maximum absolute atomic E-state index is 12.5. The summed E-state index contributed by atoms with van der Waals surface area (Å²) in [6.45, 7) is 1.96. The van der Waals surface area contributed by atoms with Gasteiger partial charge in [0, 0.05) is 0 Å². The lowest BCUT2D eigenvalue weighted by molar-refractivity contribution is -0.122. The number of carboxylic acid groups (broad SMARTS) is 1. The lowest BCUT2D eigenvalue weighted by Gasteiger charge is -2.18. The predicted octanol–water partition coefficient (Wildman–Crippen LogP) is 2.23. The van der Waals surface area contributed by atoms with Crippen LogP contribution in [0.3, 0.4) is 0 Å². The number of fused-ring (bicyclic) bond motifs is 1. The van der Waals surface area contributed by atoms with Gasteiger partial charge in [-0.1, -0.05) is 17.7 Å². The minimum absolute atomic E-state index is 0.0669. The van der Waals surface area contributed by atoms with Gasteiger partial charge in [0.15, 0.2) is 0 Å². The number of hydrogen-bond donors (Lipinski definition) is 1. The fourth-order valence-electron chi connectivity index (χ4n) is 3.07. The Morgan fingerprint density at radius 2 is 1.95 bits per heavy atom. The van der Waals surface area contributed by atoms with Gasteiger partial charge >= 0.3 is 5.97 Å². The van der Waals surface area contributed by atoms with Crippen LogP contribution in [0.2, 0.25) is 0 Å². The summed E-state index contributed by atoms with van der Waals surface area (Å²) in [5.41, 5.74) is 1.53. The van der Waals surface area contributed by atoms with Gasteiger partial charge in [-0.3, -0.25) is 14.5 Å². The fourth-order valence-corrected chi connectivity index (χ4v) is 3.07. The summed E-state index contributed by atoms with van der Waals surface area (Å²) >= 11 is 0. The van der Waals surface area contributed by atoms with Gasteiger partial charge in [0.25, 0.3) is 0 Å². The van der Waals surface area contributed by atoms with E-state index in [1.807, 2.05) is 13.0 Å². The van der Waals surface area contributed by atoms with Crippen molar-refractivity contribution < 1.29 is 19.5 Å². The van der Waals surface area contributed by atoms with Crippen LogP contribution < -0.4 is 4.90 Å². The van der Waals surface area contributed by atoms with Gasteiger partial charge in [0.2, 0.25) is 11.8 Å². The Hall–Kier alpha value is -2.43. The van der Waals surface area contributed by atoms with Crippen molar-refractivity contribution in [3.05, 3.63) is 41.5 Å². The molecule has 2 atom stereocenters. The molecule has 5 heteroatoms. The van der Waals surface area contributed by atoms with E-state index >= 15 is 0 Å². The van der Waals surface area contributed by atoms with Crippen molar-refractivity contribution in [3.63, 3.8) is 0 Å². The van der Waals surface area contributed by atoms with Crippen molar-refractivity contribution in [2.45, 2.75) is 19.8 Å². The lowest BCUT2D eigenvalue weighted by atomic mass is 9.82. The summed E-state index contributed by atoms with van der Waals surface area (Å²) in [4.78, 5) is 37.2. The van der Waals surface area contributed by atoms with Crippen molar-refractivity contribution >= 4 is 23.5 Å². The van der Waals surface area contributed by atoms with E-state index in [0.29, 0.717) is 18.5 Å². The Balaban J connectivity index is 1.97. The molecular weight excluding hydrogens is 270 g/mol. The Bertz CT molecular complexity index is 677. The number of rotatable bonds is 2. The second kappa shape index (κ2) is 4.84. The number of imide groups is 1. The molecule has 1 heterocycles. The Morgan fingerprint density at radius 1 is 1.24 bits per heavy atom. The molecule has 2 aliphatic rings. The first-order valence-electron chi connectivity index (χ1n) is 6.86. The van der Waals surface area contributed by atoms with E-state index in [1.165, 1.54) is 12.1 Å². The first kappa shape index (κ1) is 13.5. The van der Waals surface area contributed by atoms with Gasteiger partial charge in [-0.05, 0) is 38.0 Å². The second-order valence-corrected chi connectivity index (χ2v) is 5.57. The minimum atomic E-state index is -1.08. The number of amides is 2. The molecule has 1 aromatic rings. The summed E-state index contributed by atoms with van der Waals surface area (Å²) in [6, 6.07) is 5.95. The molecule has 1 aliphatic heterocycles. The van der Waals surface area contributed by atoms with E-state index in [0.717, 1.165) is 10.5 Å². The van der Waals surface area contributed by atoms with Crippen LogP contribution >= 0.6 is 0 Å². The molecule has 108 valence electrons. The van der Waals surface area contributed by atoms with Crippen LogP contribution in [0.4, 0.5) is 5.69 Å². The number of carbonyl (C=O) groups is 3. The van der Waals surface area contributed by atoms with E-state index in [9.17, 15) is 14.4 Å². The molecule has 0 radical (unpaired) electrons. The maximum Gasteiger partial charge on any atom is 0.335 e. The molecule has 1 aliphatic carbocycles. The molecule has 1 aromatic carbocycles. The Morgan fingerprint density at radius 3 is 2.67 bits per heavy atom. The highest BCUT2D eigenvalue weighted by molar-refractivity contribution is 6.22. The minimum Gasteiger partial charge on any atom is -0.478 e. The number of anilines is 1. The Labute approximate surface area is 121 Å². The third-order valence-electron chi connectivity index (χ3n) is 4.17. The molecular formula is C16H15NO4. The molecule has 0 saturated carbocycles. The highest BCUT2D eigenvalue weighted by atomic mass is 16.4. The highest BCUT2D eigenvalue weighted by Gasteiger charge is 2.48. The SMILES string of the molecule is CC1=CCC2C(=O)N(c3cccc(C(=O)O)c3)C(=O)C2C1. The van der Waals surface area contributed by atoms with Crippen LogP contribution in [0.1, 0.15) is 30.1 Å². The van der Waals surface area contributed by atoms with Gasteiger partial charge in [-0.15, -0.1) is 0 Å². The number of carboxylic acids is 1. The number of allylic oxidation sites excluding steroid dienone is 2. The fraction of sp³-hybridized carbons (Fsp3) is 0.312. The van der Waals surface area contributed by atoms with E-state index in [2.05, 4.69) is 0 Å². The standard InChI is InChI=1S/C16H15NO4/c1-9-5-6-12-13(7-9)15(19)17(14(12)18)11-4-2-3-10(8-11)16(20)21/h2-5,8,12-13H,6-7H2,1H3,(H,20,21). The van der Waals surface area contributed by atoms with E-state index in [4.69, 9.17) is 5.11 Å². The quantitative estimate of drug-likeness (QED) is 0.668. The lowest BCUT2D eigenvalue weighted by Crippen LogP contribution is -2.31. The summed E-state index contributed by atoms with van der Waals surface area (Å²) in [5.74, 6) is -2.15. The number of benzene rings is 1. The number of hydrogen-bond acceptors (Lipinski definition) is 3. The van der Waals surface area contributed by atoms with Gasteiger partial charge in [0.1, 0.15) is 0 Å². The van der Waals surface area contributed by atoms with Crippen LogP contribution in [0, 0.1) is 11.8 Å². The highest BCUT2D eigenvalue weighted by Crippen LogP contribution is 2.39. The van der Waals surface area contributed by atoms with E-state index in [-0.39, 0.29) is 29.2 Å². The van der Waals surface area contributed by atoms with E-state index in [1.54, 1.807) is 12.1 Å². The van der Waals surface area contributed by atoms with Crippen molar-refractivity contribution in [3.8, 4) is 0 Å². The number of carbonyl (C=O) groups excluding carboxylic acids is 2. The summed E-state index contributed by atoms with van der Waals surface area (Å²) in [6.07, 6.45) is 3.18. The van der Waals surface area contributed by atoms with Crippen LogP contribution in [-0.4, -0.2) is 22.9 Å². The monoisotopic (exact) mass is 285 g/mol. The molecule has 1 N–H and O–H groups in total. The molecule has 2 unspecified atom stereocenters. The summed E-state index contributed by atoms with van der Waals surface area (Å²) in [5, 5.41) is 9.03. The van der Waals surface area contributed by atoms with E-state index < -0.39 is 5.97 Å². The molecule has 0 bridgehead atoms. The normalized spacial score (nSPS) is 24.8. The largest absolute Gasteiger partial charge is 0.478 e. The second-order valence-electron chi connectivity index (χ2n) is 5.57. The molecule has 0 spiro atoms. The molecule has 3 rings (SSSR count). The zero-order valence-corrected chi connectivity index (χ0v) is 11.6. The average molecular weight is 285 g/mol. The molecule has 0 aromatic heterocycles. The van der Waals surface area contributed by atoms with Gasteiger partial charge < -0.3 is 5.11 Å². The van der Waals surface area contributed by atoms with Crippen molar-refractivity contribution in [2.24, 2.45) is 11.8 Å². The first-order valence-corrected chi connectivity index (χ1v) is 6.86. The molecule has 1 fully saturated rings. The summed E-state index contributed by atoms with van der Waals surface area (Å²) in [7, 11) is 0. The van der Waals surface area contributed by atoms with Gasteiger partial charge in [0.05, 0.1) is 23.1 Å². The summed E-state index contributed by atoms with van der Waals surface area (Å²) < 4.78 is 0. The van der Waals surface area contributed by atoms with Crippen LogP contribution in [0.5, 0.6) is 0 Å². The third-order valence-corrected chi connectivity index (χ3v) is 4.17. The molecule has 21 heavy (non-hydrogen) atoms. The first-order chi connectivity index (χ1) is 9.99. The maximum atomic E-state index is 12.5. The zero-order valence-electron chi connectivity index (χ0n) is 11.6. The zero-order chi connectivity index (χ0) is 15.1. The van der Waals surface area contributed by atoms with Crippen LogP contribution in [0.15, 0.2) is 35.9 Å². The molecule has 2 amide bonds. The number of aromatic carboxylic acids is 1. The average Bonchev–Trinajstić information content (AvgIpc) is 2.70. The number of nitrogens with zero attached hydrogens (tertiary/aromatic N) is 1. The van der Waals surface area contributed by atoms with Gasteiger partial charge in [-0.2, -0.15) is 0 Å². The molecule has 5 nitrogen and oxygen atoms in total. The van der Waals surface area contributed by atoms with Gasteiger partial charge in [-0.25, -0.2) is 4.79 Å². The van der Waals surface area contributed by atoms with Crippen LogP contribution in [0.25, 0.3) is 0 Å². The third kappa shape index (κ3) is 2.14. The van der Waals surface area contributed by atoms with Crippen molar-refractivity contribution in [2.75, 3.05) is 4.90 Å². The predicted molar refractivity (Wildman–Crippen MR) is 75.9 cm³/mol. The smallest absolute Gasteiger partial charge is 0.335 e. The van der Waals surface area contributed by atoms with Crippen molar-refractivity contribution in [1.82, 2.24) is 0 Å².